The molecular weight excluding hydrogens is 889 g/mol. The fraction of sp³-hybridized carbons (Fsp3) is 0.297. The average Bonchev–Trinajstić information content (AvgIpc) is 3.95. The summed E-state index contributed by atoms with van der Waals surface area (Å²) in [5.41, 5.74) is 3.46. The first-order valence-electron chi connectivity index (χ1n) is 17.6. The molecule has 2 aromatic carbocycles. The first-order chi connectivity index (χ1) is 25.5. The van der Waals surface area contributed by atoms with Gasteiger partial charge in [0.05, 0.1) is 7.05 Å². The van der Waals surface area contributed by atoms with Gasteiger partial charge in [0.15, 0.2) is 8.24 Å². The Morgan fingerprint density at radius 2 is 1.20 bits per heavy atom. The molecule has 0 aliphatic carbocycles. The summed E-state index contributed by atoms with van der Waals surface area (Å²) in [7, 11) is -1.18. The Labute approximate surface area is 333 Å². The molecule has 6 aromatic rings. The molecule has 283 valence electrons. The average molecular weight is 932 g/mol. The molecule has 4 aromatic heterocycles. The summed E-state index contributed by atoms with van der Waals surface area (Å²) in [5.74, 6) is 3.40. The van der Waals surface area contributed by atoms with Gasteiger partial charge in [0.2, 0.25) is 0 Å². The number of para-hydroxylation sites is 2. The molecule has 0 fully saturated rings. The van der Waals surface area contributed by atoms with E-state index in [0.29, 0.717) is 0 Å². The molecule has 0 saturated heterocycles. The van der Waals surface area contributed by atoms with E-state index in [1.807, 2.05) is 74.1 Å². The van der Waals surface area contributed by atoms with Crippen LogP contribution < -0.4 is 23.9 Å². The molecule has 54 heavy (non-hydrogen) atoms. The predicted molar refractivity (Wildman–Crippen MR) is 209 cm³/mol. The number of benzene rings is 2. The molecule has 0 spiro atoms. The fourth-order valence-electron chi connectivity index (χ4n) is 5.72. The standard InChI is InChI=1S/C26H22N8.C11H21N6Si2.Ir/c1-3-9-21(10-4-1)33-19-31(23-25(33)29-15-13-27-23)17-7-8-18-32-20-34(22-11-5-2-6-12-22)26-24(32)28-14-16-30-26;1-15-11(9-17(14-15)19(5,6)7)10-8-16(13-12-10)18(2,3)4;/h1-6,9,11,13-16,19-20H,7-8,17-18H2;1-7H3;/q-4;-1;. The van der Waals surface area contributed by atoms with Gasteiger partial charge in [-0.2, -0.15) is 66.4 Å². The Morgan fingerprint density at radius 1 is 0.704 bits per heavy atom. The Morgan fingerprint density at radius 3 is 1.61 bits per heavy atom. The Bertz CT molecular complexity index is 2030. The van der Waals surface area contributed by atoms with E-state index >= 15 is 0 Å². The largest absolute Gasteiger partial charge is 0.485 e. The van der Waals surface area contributed by atoms with Crippen molar-refractivity contribution in [1.82, 2.24) is 44.5 Å². The second-order valence-electron chi connectivity index (χ2n) is 14.7. The van der Waals surface area contributed by atoms with Crippen molar-refractivity contribution in [3.8, 4) is 11.4 Å². The molecule has 2 aliphatic rings. The van der Waals surface area contributed by atoms with Crippen molar-refractivity contribution in [3.05, 3.63) is 111 Å². The number of aryl methyl sites for hydroxylation is 1. The van der Waals surface area contributed by atoms with Crippen LogP contribution in [0.4, 0.5) is 34.6 Å². The summed E-state index contributed by atoms with van der Waals surface area (Å²) in [6.45, 7) is 19.1. The molecule has 0 amide bonds. The maximum atomic E-state index is 4.58. The number of unbranched alkanes of at least 4 members (excludes halogenated alkanes) is 1. The van der Waals surface area contributed by atoms with Gasteiger partial charge in [0.1, 0.15) is 23.3 Å². The van der Waals surface area contributed by atoms with Gasteiger partial charge in [-0.25, -0.2) is 30.8 Å². The SMILES string of the molecule is Cn1n[n+]([Si](C)(C)C)[c-]c1-c1[c-]n([Si](C)(C)C)nn1.[Ir].[c-]1ccccc1N1[CH-]N(CCCCN2[CH-]N(c3[c-]cccc3)c3nccnc32)c2nccnc21. The molecular formula is C37H43IrN14Si2-5. The number of fused-ring (bicyclic) bond motifs is 2. The van der Waals surface area contributed by atoms with Gasteiger partial charge in [-0.15, -0.1) is 35.6 Å². The molecule has 0 unspecified atom stereocenters. The smallest absolute Gasteiger partial charge is 0.258 e. The van der Waals surface area contributed by atoms with Gasteiger partial charge >= 0.3 is 0 Å². The van der Waals surface area contributed by atoms with E-state index in [4.69, 9.17) is 0 Å². The molecule has 0 N–H and O–H groups in total. The van der Waals surface area contributed by atoms with Crippen LogP contribution in [0.1, 0.15) is 12.8 Å². The van der Waals surface area contributed by atoms with Crippen LogP contribution in [-0.4, -0.2) is 74.1 Å². The minimum absolute atomic E-state index is 0. The van der Waals surface area contributed by atoms with E-state index < -0.39 is 16.5 Å². The van der Waals surface area contributed by atoms with Crippen molar-refractivity contribution in [2.75, 3.05) is 32.7 Å². The Balaban J connectivity index is 0.000000213. The third-order valence-corrected chi connectivity index (χ3v) is 11.4. The fourth-order valence-corrected chi connectivity index (χ4v) is 7.32. The van der Waals surface area contributed by atoms with Crippen molar-refractivity contribution in [2.45, 2.75) is 52.1 Å². The van der Waals surface area contributed by atoms with E-state index in [-0.39, 0.29) is 20.1 Å². The number of nitrogens with zero attached hydrogens (tertiary/aromatic N) is 14. The number of aromatic nitrogens is 10. The first-order valence-corrected chi connectivity index (χ1v) is 24.5. The van der Waals surface area contributed by atoms with Gasteiger partial charge in [-0.05, 0) is 45.6 Å². The minimum Gasteiger partial charge on any atom is -0.485 e. The molecule has 0 atom stereocenters. The first kappa shape index (κ1) is 38.9. The monoisotopic (exact) mass is 932 g/mol. The zero-order valence-corrected chi connectivity index (χ0v) is 35.9. The Kier molecular flexibility index (Phi) is 11.7. The van der Waals surface area contributed by atoms with Gasteiger partial charge in [-0.3, -0.25) is 9.45 Å². The van der Waals surface area contributed by atoms with Crippen molar-refractivity contribution < 1.29 is 24.5 Å². The van der Waals surface area contributed by atoms with E-state index in [9.17, 15) is 0 Å². The van der Waals surface area contributed by atoms with Crippen LogP contribution in [0.15, 0.2) is 73.3 Å². The zero-order valence-electron chi connectivity index (χ0n) is 31.5. The predicted octanol–water partition coefficient (Wildman–Crippen LogP) is 5.43. The molecule has 6 heterocycles. The molecule has 1 radical (unpaired) electrons. The number of anilines is 6. The maximum absolute atomic E-state index is 4.58. The van der Waals surface area contributed by atoms with Crippen LogP contribution in [0.25, 0.3) is 11.4 Å². The maximum Gasteiger partial charge on any atom is 0.258 e. The molecule has 14 nitrogen and oxygen atoms in total. The molecule has 0 saturated carbocycles. The summed E-state index contributed by atoms with van der Waals surface area (Å²) in [4.78, 5) is 26.7. The number of hydrogen-bond acceptors (Lipinski definition) is 11. The van der Waals surface area contributed by atoms with Crippen LogP contribution >= 0.6 is 0 Å². The van der Waals surface area contributed by atoms with Crippen molar-refractivity contribution in [3.63, 3.8) is 0 Å². The van der Waals surface area contributed by atoms with Gasteiger partial charge in [-0.1, -0.05) is 25.8 Å². The molecule has 17 heteroatoms. The second-order valence-corrected chi connectivity index (χ2v) is 24.2. The quantitative estimate of drug-likeness (QED) is 0.0996. The topological polar surface area (TPSA) is 117 Å². The number of hydrogen-bond donors (Lipinski definition) is 0. The third-order valence-electron chi connectivity index (χ3n) is 8.48. The van der Waals surface area contributed by atoms with Crippen molar-refractivity contribution in [2.24, 2.45) is 7.05 Å². The summed E-state index contributed by atoms with van der Waals surface area (Å²) in [6.07, 6.45) is 15.4. The van der Waals surface area contributed by atoms with E-state index in [2.05, 4.69) is 122 Å². The van der Waals surface area contributed by atoms with E-state index in [1.165, 1.54) is 0 Å². The molecule has 2 aliphatic heterocycles. The van der Waals surface area contributed by atoms with Crippen LogP contribution in [0, 0.1) is 37.9 Å². The molecule has 0 bridgehead atoms. The van der Waals surface area contributed by atoms with Gasteiger partial charge < -0.3 is 23.9 Å². The van der Waals surface area contributed by atoms with Crippen molar-refractivity contribution >= 4 is 51.1 Å². The van der Waals surface area contributed by atoms with Crippen molar-refractivity contribution in [1.29, 1.82) is 0 Å². The normalized spacial score (nSPS) is 13.7. The zero-order chi connectivity index (χ0) is 37.2. The summed E-state index contributed by atoms with van der Waals surface area (Å²) in [6, 6.07) is 22.3. The van der Waals surface area contributed by atoms with Gasteiger partial charge in [0, 0.05) is 50.1 Å². The minimum atomic E-state index is -1.55. The van der Waals surface area contributed by atoms with Crippen LogP contribution in [0.3, 0.4) is 0 Å². The third kappa shape index (κ3) is 8.43. The van der Waals surface area contributed by atoms with E-state index in [0.717, 1.165) is 72.0 Å². The summed E-state index contributed by atoms with van der Waals surface area (Å²) < 4.78 is 5.62. The van der Waals surface area contributed by atoms with Crippen LogP contribution in [-0.2, 0) is 27.2 Å². The summed E-state index contributed by atoms with van der Waals surface area (Å²) >= 11 is 0. The van der Waals surface area contributed by atoms with Crippen LogP contribution in [0.5, 0.6) is 0 Å². The Hall–Kier alpha value is -4.84. The summed E-state index contributed by atoms with van der Waals surface area (Å²) in [5, 5.41) is 12.9. The number of rotatable bonds is 10. The molecule has 8 rings (SSSR count). The van der Waals surface area contributed by atoms with E-state index in [1.54, 1.807) is 29.5 Å². The van der Waals surface area contributed by atoms with Gasteiger partial charge in [0.25, 0.3) is 8.24 Å². The van der Waals surface area contributed by atoms with Crippen LogP contribution in [0.2, 0.25) is 39.3 Å². The second kappa shape index (κ2) is 16.3.